The molecule has 1 atom stereocenters. The number of rotatable bonds is 5. The molecule has 1 rings (SSSR count). The van der Waals surface area contributed by atoms with Gasteiger partial charge in [-0.15, -0.1) is 6.58 Å². The van der Waals surface area contributed by atoms with E-state index in [1.807, 2.05) is 30.3 Å². The van der Waals surface area contributed by atoms with E-state index in [-0.39, 0.29) is 0 Å². The van der Waals surface area contributed by atoms with E-state index in [0.717, 1.165) is 18.7 Å². The summed E-state index contributed by atoms with van der Waals surface area (Å²) in [4.78, 5) is 2.22. The Balaban J connectivity index is 2.81. The highest BCUT2D eigenvalue weighted by atomic mass is 16.3. The molecule has 0 saturated carbocycles. The van der Waals surface area contributed by atoms with Crippen molar-refractivity contribution in [3.8, 4) is 0 Å². The summed E-state index contributed by atoms with van der Waals surface area (Å²) in [5.41, 5.74) is 2.12. The van der Waals surface area contributed by atoms with Crippen LogP contribution in [0.15, 0.2) is 36.9 Å². The first-order valence-corrected chi connectivity index (χ1v) is 5.33. The van der Waals surface area contributed by atoms with Gasteiger partial charge in [0.05, 0.1) is 6.10 Å². The lowest BCUT2D eigenvalue weighted by atomic mass is 10.1. The van der Waals surface area contributed by atoms with E-state index in [1.54, 1.807) is 6.92 Å². The average molecular weight is 205 g/mol. The molecular weight excluding hydrogens is 186 g/mol. The highest BCUT2D eigenvalue weighted by Gasteiger charge is 2.03. The Bertz CT molecular complexity index is 303. The minimum atomic E-state index is -0.395. The second-order valence-electron chi connectivity index (χ2n) is 3.59. The summed E-state index contributed by atoms with van der Waals surface area (Å²) in [6, 6.07) is 8.00. The van der Waals surface area contributed by atoms with Crippen LogP contribution >= 0.6 is 0 Å². The molecule has 0 amide bonds. The van der Waals surface area contributed by atoms with Crippen LogP contribution < -0.4 is 4.90 Å². The molecule has 0 aromatic heterocycles. The molecule has 0 aliphatic rings. The Morgan fingerprint density at radius 3 is 2.40 bits per heavy atom. The maximum absolute atomic E-state index is 9.38. The van der Waals surface area contributed by atoms with E-state index in [1.165, 1.54) is 5.69 Å². The fraction of sp³-hybridized carbons (Fsp3) is 0.385. The predicted molar refractivity (Wildman–Crippen MR) is 65.2 cm³/mol. The van der Waals surface area contributed by atoms with Gasteiger partial charge in [-0.3, -0.25) is 0 Å². The zero-order chi connectivity index (χ0) is 11.3. The first-order chi connectivity index (χ1) is 7.19. The van der Waals surface area contributed by atoms with Gasteiger partial charge in [0, 0.05) is 18.8 Å². The maximum atomic E-state index is 9.38. The van der Waals surface area contributed by atoms with E-state index in [2.05, 4.69) is 18.4 Å². The number of likely N-dealkylation sites (N-methyl/N-ethyl adjacent to an activating group) is 1. The highest BCUT2D eigenvalue weighted by Crippen LogP contribution is 2.18. The van der Waals surface area contributed by atoms with Gasteiger partial charge in [0.15, 0.2) is 0 Å². The summed E-state index contributed by atoms with van der Waals surface area (Å²) < 4.78 is 0. The SMILES string of the molecule is C=CCN(CC)c1ccc(C(C)O)cc1. The molecule has 1 N–H and O–H groups in total. The topological polar surface area (TPSA) is 23.5 Å². The Labute approximate surface area is 91.9 Å². The monoisotopic (exact) mass is 205 g/mol. The Morgan fingerprint density at radius 1 is 1.40 bits per heavy atom. The predicted octanol–water partition coefficient (Wildman–Crippen LogP) is 2.75. The van der Waals surface area contributed by atoms with Crippen LogP contribution in [-0.4, -0.2) is 18.2 Å². The van der Waals surface area contributed by atoms with Gasteiger partial charge in [0.2, 0.25) is 0 Å². The average Bonchev–Trinajstić information content (AvgIpc) is 2.26. The molecule has 0 bridgehead atoms. The van der Waals surface area contributed by atoms with Gasteiger partial charge in [-0.2, -0.15) is 0 Å². The molecule has 82 valence electrons. The third-order valence-corrected chi connectivity index (χ3v) is 2.47. The van der Waals surface area contributed by atoms with Gasteiger partial charge < -0.3 is 10.0 Å². The van der Waals surface area contributed by atoms with Crippen molar-refractivity contribution in [2.24, 2.45) is 0 Å². The molecule has 0 aliphatic heterocycles. The molecule has 2 nitrogen and oxygen atoms in total. The van der Waals surface area contributed by atoms with Crippen molar-refractivity contribution in [2.75, 3.05) is 18.0 Å². The van der Waals surface area contributed by atoms with Crippen molar-refractivity contribution >= 4 is 5.69 Å². The van der Waals surface area contributed by atoms with E-state index in [9.17, 15) is 5.11 Å². The van der Waals surface area contributed by atoms with Crippen LogP contribution in [0.5, 0.6) is 0 Å². The van der Waals surface area contributed by atoms with Crippen LogP contribution in [0.4, 0.5) is 5.69 Å². The summed E-state index contributed by atoms with van der Waals surface area (Å²) >= 11 is 0. The van der Waals surface area contributed by atoms with Crippen molar-refractivity contribution in [1.29, 1.82) is 0 Å². The molecule has 0 saturated heterocycles. The van der Waals surface area contributed by atoms with Crippen LogP contribution in [-0.2, 0) is 0 Å². The summed E-state index contributed by atoms with van der Waals surface area (Å²) in [5.74, 6) is 0. The molecule has 0 spiro atoms. The minimum Gasteiger partial charge on any atom is -0.389 e. The smallest absolute Gasteiger partial charge is 0.0761 e. The molecular formula is C13H19NO. The van der Waals surface area contributed by atoms with E-state index in [0.29, 0.717) is 0 Å². The molecule has 0 radical (unpaired) electrons. The van der Waals surface area contributed by atoms with Gasteiger partial charge in [-0.05, 0) is 31.5 Å². The standard InChI is InChI=1S/C13H19NO/c1-4-10-14(5-2)13-8-6-12(7-9-13)11(3)15/h4,6-9,11,15H,1,5,10H2,2-3H3. The number of benzene rings is 1. The van der Waals surface area contributed by atoms with Crippen LogP contribution in [0.1, 0.15) is 25.5 Å². The number of hydrogen-bond donors (Lipinski definition) is 1. The molecule has 1 aromatic carbocycles. The van der Waals surface area contributed by atoms with Crippen LogP contribution in [0.2, 0.25) is 0 Å². The zero-order valence-corrected chi connectivity index (χ0v) is 9.48. The first kappa shape index (κ1) is 11.8. The van der Waals surface area contributed by atoms with Gasteiger partial charge in [0.1, 0.15) is 0 Å². The van der Waals surface area contributed by atoms with Crippen molar-refractivity contribution in [1.82, 2.24) is 0 Å². The van der Waals surface area contributed by atoms with Crippen molar-refractivity contribution in [3.05, 3.63) is 42.5 Å². The lowest BCUT2D eigenvalue weighted by molar-refractivity contribution is 0.199. The third-order valence-electron chi connectivity index (χ3n) is 2.47. The normalized spacial score (nSPS) is 12.2. The molecule has 1 aromatic rings. The van der Waals surface area contributed by atoms with Gasteiger partial charge >= 0.3 is 0 Å². The number of nitrogens with zero attached hydrogens (tertiary/aromatic N) is 1. The first-order valence-electron chi connectivity index (χ1n) is 5.33. The molecule has 15 heavy (non-hydrogen) atoms. The van der Waals surface area contributed by atoms with E-state index >= 15 is 0 Å². The molecule has 1 unspecified atom stereocenters. The maximum Gasteiger partial charge on any atom is 0.0761 e. The Morgan fingerprint density at radius 2 is 2.00 bits per heavy atom. The Kier molecular flexibility index (Phi) is 4.37. The quantitative estimate of drug-likeness (QED) is 0.747. The summed E-state index contributed by atoms with van der Waals surface area (Å²) in [6.45, 7) is 9.44. The van der Waals surface area contributed by atoms with Crippen LogP contribution in [0.3, 0.4) is 0 Å². The molecule has 0 aliphatic carbocycles. The number of hydrogen-bond acceptors (Lipinski definition) is 2. The van der Waals surface area contributed by atoms with Gasteiger partial charge in [-0.1, -0.05) is 18.2 Å². The van der Waals surface area contributed by atoms with Crippen molar-refractivity contribution in [2.45, 2.75) is 20.0 Å². The lowest BCUT2D eigenvalue weighted by Crippen LogP contribution is -2.22. The summed E-state index contributed by atoms with van der Waals surface area (Å²) in [6.07, 6.45) is 1.50. The fourth-order valence-electron chi connectivity index (χ4n) is 1.54. The second-order valence-corrected chi connectivity index (χ2v) is 3.59. The van der Waals surface area contributed by atoms with Crippen molar-refractivity contribution in [3.63, 3.8) is 0 Å². The number of anilines is 1. The summed E-state index contributed by atoms with van der Waals surface area (Å²) in [7, 11) is 0. The molecule has 2 heteroatoms. The number of aliphatic hydroxyl groups excluding tert-OH is 1. The largest absolute Gasteiger partial charge is 0.389 e. The van der Waals surface area contributed by atoms with Gasteiger partial charge in [0.25, 0.3) is 0 Å². The van der Waals surface area contributed by atoms with E-state index in [4.69, 9.17) is 0 Å². The summed E-state index contributed by atoms with van der Waals surface area (Å²) in [5, 5.41) is 9.38. The van der Waals surface area contributed by atoms with Crippen molar-refractivity contribution < 1.29 is 5.11 Å². The van der Waals surface area contributed by atoms with Crippen LogP contribution in [0.25, 0.3) is 0 Å². The number of aliphatic hydroxyl groups is 1. The lowest BCUT2D eigenvalue weighted by Gasteiger charge is -2.21. The highest BCUT2D eigenvalue weighted by molar-refractivity contribution is 5.48. The minimum absolute atomic E-state index is 0.395. The second kappa shape index (κ2) is 5.56. The van der Waals surface area contributed by atoms with Crippen LogP contribution in [0, 0.1) is 0 Å². The third kappa shape index (κ3) is 3.10. The molecule has 0 fully saturated rings. The fourth-order valence-corrected chi connectivity index (χ4v) is 1.54. The molecule has 0 heterocycles. The van der Waals surface area contributed by atoms with Gasteiger partial charge in [-0.25, -0.2) is 0 Å². The zero-order valence-electron chi connectivity index (χ0n) is 9.48. The Hall–Kier alpha value is -1.28. The van der Waals surface area contributed by atoms with E-state index < -0.39 is 6.10 Å².